The average molecular weight is 353 g/mol. The van der Waals surface area contributed by atoms with Gasteiger partial charge < -0.3 is 19.5 Å². The number of halogens is 1. The van der Waals surface area contributed by atoms with Crippen molar-refractivity contribution < 1.29 is 28.6 Å². The predicted octanol–water partition coefficient (Wildman–Crippen LogP) is 2.21. The number of carbonyl (C=O) groups excluding carboxylic acids is 1. The lowest BCUT2D eigenvalue weighted by molar-refractivity contribution is -0.152. The second-order valence-electron chi connectivity index (χ2n) is 6.18. The number of ether oxygens (including phenoxy) is 2. The molecule has 1 fully saturated rings. The SMILES string of the molecule is CC(OCC1CCCCO1)C(=O)N(CC(=O)O)Cc1ccc(F)cc1. The van der Waals surface area contributed by atoms with E-state index < -0.39 is 24.5 Å². The Balaban J connectivity index is 1.93. The molecule has 6 nitrogen and oxygen atoms in total. The first-order valence-corrected chi connectivity index (χ1v) is 8.44. The summed E-state index contributed by atoms with van der Waals surface area (Å²) in [6, 6.07) is 5.61. The summed E-state index contributed by atoms with van der Waals surface area (Å²) in [5, 5.41) is 9.06. The maximum Gasteiger partial charge on any atom is 0.323 e. The molecule has 0 aliphatic carbocycles. The van der Waals surface area contributed by atoms with Crippen LogP contribution >= 0.6 is 0 Å². The fourth-order valence-corrected chi connectivity index (χ4v) is 2.70. The van der Waals surface area contributed by atoms with Gasteiger partial charge in [-0.3, -0.25) is 9.59 Å². The summed E-state index contributed by atoms with van der Waals surface area (Å²) >= 11 is 0. The van der Waals surface area contributed by atoms with Gasteiger partial charge in [0.25, 0.3) is 5.91 Å². The summed E-state index contributed by atoms with van der Waals surface area (Å²) in [5.74, 6) is -1.91. The van der Waals surface area contributed by atoms with Gasteiger partial charge in [-0.05, 0) is 43.9 Å². The van der Waals surface area contributed by atoms with Gasteiger partial charge in [-0.25, -0.2) is 4.39 Å². The molecule has 1 amide bonds. The number of carboxylic acid groups (broad SMARTS) is 1. The number of carbonyl (C=O) groups is 2. The standard InChI is InChI=1S/C18H24FNO5/c1-13(25-12-16-4-2-3-9-24-16)18(23)20(11-17(21)22)10-14-5-7-15(19)8-6-14/h5-8,13,16H,2-4,9-12H2,1H3,(H,21,22). The Morgan fingerprint density at radius 3 is 2.68 bits per heavy atom. The number of aliphatic carboxylic acids is 1. The van der Waals surface area contributed by atoms with E-state index in [1.807, 2.05) is 0 Å². The summed E-state index contributed by atoms with van der Waals surface area (Å²) in [6.07, 6.45) is 2.22. The van der Waals surface area contributed by atoms with Crippen molar-refractivity contribution in [3.63, 3.8) is 0 Å². The van der Waals surface area contributed by atoms with Gasteiger partial charge in [-0.2, -0.15) is 0 Å². The van der Waals surface area contributed by atoms with Crippen molar-refractivity contribution in [1.29, 1.82) is 0 Å². The second kappa shape index (κ2) is 9.48. The van der Waals surface area contributed by atoms with Gasteiger partial charge in [0.05, 0.1) is 12.7 Å². The number of amides is 1. The molecule has 1 heterocycles. The van der Waals surface area contributed by atoms with Gasteiger partial charge in [0.15, 0.2) is 0 Å². The van der Waals surface area contributed by atoms with E-state index in [-0.39, 0.29) is 18.5 Å². The van der Waals surface area contributed by atoms with E-state index >= 15 is 0 Å². The van der Waals surface area contributed by atoms with Crippen molar-refractivity contribution in [1.82, 2.24) is 4.90 Å². The zero-order chi connectivity index (χ0) is 18.2. The maximum absolute atomic E-state index is 13.0. The van der Waals surface area contributed by atoms with E-state index in [0.717, 1.165) is 19.3 Å². The van der Waals surface area contributed by atoms with Crippen LogP contribution < -0.4 is 0 Å². The third kappa shape index (κ3) is 6.43. The minimum Gasteiger partial charge on any atom is -0.480 e. The summed E-state index contributed by atoms with van der Waals surface area (Å²) < 4.78 is 24.1. The summed E-state index contributed by atoms with van der Waals surface area (Å²) in [5.41, 5.74) is 0.652. The van der Waals surface area contributed by atoms with Crippen LogP contribution in [-0.4, -0.2) is 53.8 Å². The molecule has 1 aliphatic heterocycles. The van der Waals surface area contributed by atoms with Gasteiger partial charge in [-0.15, -0.1) is 0 Å². The molecule has 0 bridgehead atoms. The predicted molar refractivity (Wildman–Crippen MR) is 88.5 cm³/mol. The Hall–Kier alpha value is -1.99. The number of rotatable bonds is 8. The lowest BCUT2D eigenvalue weighted by atomic mass is 10.1. The fraction of sp³-hybridized carbons (Fsp3) is 0.556. The van der Waals surface area contributed by atoms with Crippen LogP contribution in [-0.2, 0) is 25.6 Å². The first kappa shape index (κ1) is 19.3. The number of nitrogens with zero attached hydrogens (tertiary/aromatic N) is 1. The monoisotopic (exact) mass is 353 g/mol. The number of hydrogen-bond acceptors (Lipinski definition) is 4. The third-order valence-electron chi connectivity index (χ3n) is 4.08. The normalized spacial score (nSPS) is 18.6. The van der Waals surface area contributed by atoms with Gasteiger partial charge in [0.2, 0.25) is 0 Å². The highest BCUT2D eigenvalue weighted by Gasteiger charge is 2.25. The molecule has 25 heavy (non-hydrogen) atoms. The van der Waals surface area contributed by atoms with Crippen LogP contribution in [0.4, 0.5) is 4.39 Å². The van der Waals surface area contributed by atoms with Crippen LogP contribution in [0.5, 0.6) is 0 Å². The number of carboxylic acids is 1. The molecule has 0 spiro atoms. The average Bonchev–Trinajstić information content (AvgIpc) is 2.61. The lowest BCUT2D eigenvalue weighted by Gasteiger charge is -2.27. The number of hydrogen-bond donors (Lipinski definition) is 1. The smallest absolute Gasteiger partial charge is 0.323 e. The highest BCUT2D eigenvalue weighted by molar-refractivity contribution is 5.84. The summed E-state index contributed by atoms with van der Waals surface area (Å²) in [4.78, 5) is 24.8. The first-order chi connectivity index (χ1) is 12.0. The van der Waals surface area contributed by atoms with E-state index in [1.54, 1.807) is 6.92 Å². The molecule has 138 valence electrons. The van der Waals surface area contributed by atoms with Crippen LogP contribution in [0, 0.1) is 5.82 Å². The lowest BCUT2D eigenvalue weighted by Crippen LogP contribution is -2.42. The van der Waals surface area contributed by atoms with Gasteiger partial charge in [0.1, 0.15) is 18.5 Å². The molecule has 2 unspecified atom stereocenters. The Labute approximate surface area is 146 Å². The maximum atomic E-state index is 13.0. The van der Waals surface area contributed by atoms with Crippen molar-refractivity contribution >= 4 is 11.9 Å². The zero-order valence-corrected chi connectivity index (χ0v) is 14.3. The Bertz CT molecular complexity index is 571. The van der Waals surface area contributed by atoms with Crippen molar-refractivity contribution in [2.45, 2.75) is 44.9 Å². The van der Waals surface area contributed by atoms with Crippen molar-refractivity contribution in [2.75, 3.05) is 19.8 Å². The van der Waals surface area contributed by atoms with Crippen LogP contribution in [0.1, 0.15) is 31.7 Å². The minimum absolute atomic E-state index is 0.0194. The molecule has 0 saturated carbocycles. The molecule has 1 N–H and O–H groups in total. The van der Waals surface area contributed by atoms with Gasteiger partial charge >= 0.3 is 5.97 Å². The molecular weight excluding hydrogens is 329 g/mol. The molecule has 2 atom stereocenters. The summed E-state index contributed by atoms with van der Waals surface area (Å²) in [7, 11) is 0. The van der Waals surface area contributed by atoms with E-state index in [0.29, 0.717) is 18.8 Å². The molecule has 0 aromatic heterocycles. The second-order valence-corrected chi connectivity index (χ2v) is 6.18. The minimum atomic E-state index is -1.11. The number of benzene rings is 1. The molecule has 2 rings (SSSR count). The van der Waals surface area contributed by atoms with E-state index in [1.165, 1.54) is 29.2 Å². The molecule has 1 aliphatic rings. The van der Waals surface area contributed by atoms with Gasteiger partial charge in [0, 0.05) is 13.2 Å². The van der Waals surface area contributed by atoms with Crippen LogP contribution in [0.2, 0.25) is 0 Å². The van der Waals surface area contributed by atoms with Crippen molar-refractivity contribution in [3.8, 4) is 0 Å². The third-order valence-corrected chi connectivity index (χ3v) is 4.08. The zero-order valence-electron chi connectivity index (χ0n) is 14.3. The van der Waals surface area contributed by atoms with Crippen molar-refractivity contribution in [2.24, 2.45) is 0 Å². The quantitative estimate of drug-likeness (QED) is 0.775. The van der Waals surface area contributed by atoms with E-state index in [9.17, 15) is 14.0 Å². The van der Waals surface area contributed by atoms with E-state index in [2.05, 4.69) is 0 Å². The first-order valence-electron chi connectivity index (χ1n) is 8.44. The Morgan fingerprint density at radius 1 is 1.36 bits per heavy atom. The Morgan fingerprint density at radius 2 is 2.08 bits per heavy atom. The van der Waals surface area contributed by atoms with Gasteiger partial charge in [-0.1, -0.05) is 12.1 Å². The molecule has 0 radical (unpaired) electrons. The Kier molecular flexibility index (Phi) is 7.33. The molecule has 7 heteroatoms. The topological polar surface area (TPSA) is 76.1 Å². The van der Waals surface area contributed by atoms with Crippen LogP contribution in [0.3, 0.4) is 0 Å². The molecule has 1 saturated heterocycles. The molecule has 1 aromatic rings. The largest absolute Gasteiger partial charge is 0.480 e. The molecular formula is C18H24FNO5. The fourth-order valence-electron chi connectivity index (χ4n) is 2.70. The highest BCUT2D eigenvalue weighted by atomic mass is 19.1. The van der Waals surface area contributed by atoms with Crippen LogP contribution in [0.25, 0.3) is 0 Å². The van der Waals surface area contributed by atoms with E-state index in [4.69, 9.17) is 14.6 Å². The highest BCUT2D eigenvalue weighted by Crippen LogP contribution is 2.14. The summed E-state index contributed by atoms with van der Waals surface area (Å²) in [6.45, 7) is 2.25. The van der Waals surface area contributed by atoms with Crippen LogP contribution in [0.15, 0.2) is 24.3 Å². The molecule has 1 aromatic carbocycles. The van der Waals surface area contributed by atoms with Crippen molar-refractivity contribution in [3.05, 3.63) is 35.6 Å².